The van der Waals surface area contributed by atoms with Gasteiger partial charge in [0, 0.05) is 17.8 Å². The lowest BCUT2D eigenvalue weighted by molar-refractivity contribution is 0.102. The molecule has 1 amide bonds. The van der Waals surface area contributed by atoms with Crippen LogP contribution in [-0.4, -0.2) is 33.9 Å². The smallest absolute Gasteiger partial charge is 0.255 e. The molecule has 29 heavy (non-hydrogen) atoms. The molecule has 0 atom stereocenters. The minimum atomic E-state index is -0.135. The molecular formula is C24H28N4O. The van der Waals surface area contributed by atoms with Crippen molar-refractivity contribution in [2.24, 2.45) is 5.92 Å². The molecule has 4 rings (SSSR count). The third-order valence-electron chi connectivity index (χ3n) is 5.83. The number of anilines is 1. The molecule has 1 saturated heterocycles. The maximum Gasteiger partial charge on any atom is 0.255 e. The van der Waals surface area contributed by atoms with Crippen molar-refractivity contribution in [1.29, 1.82) is 0 Å². The van der Waals surface area contributed by atoms with E-state index in [1.807, 2.05) is 32.0 Å². The molecule has 0 saturated carbocycles. The standard InChI is InChI=1S/C24H28N4O/c1-16-10-12-28(13-11-16)15-19-4-7-21(8-5-19)27-24(29)20-6-9-22-23(14-20)26-18(3)17(2)25-22/h4-9,14,16H,10-13,15H2,1-3H3,(H,27,29). The van der Waals surface area contributed by atoms with E-state index >= 15 is 0 Å². The van der Waals surface area contributed by atoms with Gasteiger partial charge >= 0.3 is 0 Å². The molecule has 1 aromatic heterocycles. The van der Waals surface area contributed by atoms with Crippen molar-refractivity contribution < 1.29 is 4.79 Å². The molecule has 150 valence electrons. The Morgan fingerprint density at radius 1 is 1.00 bits per heavy atom. The zero-order chi connectivity index (χ0) is 20.4. The quantitative estimate of drug-likeness (QED) is 0.702. The Morgan fingerprint density at radius 2 is 1.66 bits per heavy atom. The molecule has 2 heterocycles. The van der Waals surface area contributed by atoms with E-state index in [0.29, 0.717) is 5.56 Å². The zero-order valence-electron chi connectivity index (χ0n) is 17.4. The first-order valence-electron chi connectivity index (χ1n) is 10.4. The lowest BCUT2D eigenvalue weighted by atomic mass is 9.99. The van der Waals surface area contributed by atoms with Crippen molar-refractivity contribution in [2.45, 2.75) is 40.2 Å². The number of benzene rings is 2. The Labute approximate surface area is 172 Å². The minimum Gasteiger partial charge on any atom is -0.322 e. The molecular weight excluding hydrogens is 360 g/mol. The van der Waals surface area contributed by atoms with Gasteiger partial charge < -0.3 is 5.32 Å². The molecule has 5 nitrogen and oxygen atoms in total. The number of carbonyl (C=O) groups is 1. The molecule has 1 aliphatic heterocycles. The van der Waals surface area contributed by atoms with Crippen molar-refractivity contribution in [3.8, 4) is 0 Å². The number of aryl methyl sites for hydroxylation is 2. The number of aromatic nitrogens is 2. The van der Waals surface area contributed by atoms with Gasteiger partial charge in [-0.1, -0.05) is 19.1 Å². The average Bonchev–Trinajstić information content (AvgIpc) is 2.71. The highest BCUT2D eigenvalue weighted by atomic mass is 16.1. The maximum absolute atomic E-state index is 12.7. The Hall–Kier alpha value is -2.79. The van der Waals surface area contributed by atoms with Crippen LogP contribution >= 0.6 is 0 Å². The van der Waals surface area contributed by atoms with Gasteiger partial charge in [0.2, 0.25) is 0 Å². The molecule has 3 aromatic rings. The number of nitrogens with one attached hydrogen (secondary N) is 1. The van der Waals surface area contributed by atoms with Crippen molar-refractivity contribution in [1.82, 2.24) is 14.9 Å². The topological polar surface area (TPSA) is 58.1 Å². The van der Waals surface area contributed by atoms with Gasteiger partial charge in [0.1, 0.15) is 0 Å². The molecule has 1 fully saturated rings. The largest absolute Gasteiger partial charge is 0.322 e. The third kappa shape index (κ3) is 4.62. The van der Waals surface area contributed by atoms with Gasteiger partial charge in [-0.25, -0.2) is 9.97 Å². The molecule has 0 radical (unpaired) electrons. The second-order valence-electron chi connectivity index (χ2n) is 8.21. The van der Waals surface area contributed by atoms with E-state index in [9.17, 15) is 4.79 Å². The van der Waals surface area contributed by atoms with Gasteiger partial charge in [-0.15, -0.1) is 0 Å². The summed E-state index contributed by atoms with van der Waals surface area (Å²) >= 11 is 0. The molecule has 0 bridgehead atoms. The Bertz CT molecular complexity index is 1020. The summed E-state index contributed by atoms with van der Waals surface area (Å²) in [6, 6.07) is 13.6. The fourth-order valence-corrected chi connectivity index (χ4v) is 3.75. The van der Waals surface area contributed by atoms with E-state index in [2.05, 4.69) is 39.2 Å². The van der Waals surface area contributed by atoms with E-state index in [4.69, 9.17) is 0 Å². The van der Waals surface area contributed by atoms with Crippen LogP contribution in [0.1, 0.15) is 47.1 Å². The normalized spacial score (nSPS) is 15.6. The van der Waals surface area contributed by atoms with E-state index in [1.165, 1.54) is 31.5 Å². The Morgan fingerprint density at radius 3 is 2.34 bits per heavy atom. The zero-order valence-corrected chi connectivity index (χ0v) is 17.4. The van der Waals surface area contributed by atoms with Crippen molar-refractivity contribution >= 4 is 22.6 Å². The van der Waals surface area contributed by atoms with Gasteiger partial charge in [0.05, 0.1) is 22.4 Å². The number of hydrogen-bond donors (Lipinski definition) is 1. The van der Waals surface area contributed by atoms with Crippen LogP contribution < -0.4 is 5.32 Å². The van der Waals surface area contributed by atoms with Crippen molar-refractivity contribution in [3.05, 3.63) is 65.0 Å². The van der Waals surface area contributed by atoms with Gasteiger partial charge in [0.25, 0.3) is 5.91 Å². The van der Waals surface area contributed by atoms with Gasteiger partial charge in [-0.2, -0.15) is 0 Å². The highest BCUT2D eigenvalue weighted by Gasteiger charge is 2.15. The summed E-state index contributed by atoms with van der Waals surface area (Å²) in [7, 11) is 0. The summed E-state index contributed by atoms with van der Waals surface area (Å²) in [6.45, 7) is 9.52. The van der Waals surface area contributed by atoms with Crippen LogP contribution in [0.5, 0.6) is 0 Å². The van der Waals surface area contributed by atoms with Crippen LogP contribution in [0.3, 0.4) is 0 Å². The number of nitrogens with zero attached hydrogens (tertiary/aromatic N) is 3. The first kappa shape index (κ1) is 19.5. The summed E-state index contributed by atoms with van der Waals surface area (Å²) in [5.74, 6) is 0.711. The number of piperidine rings is 1. The van der Waals surface area contributed by atoms with E-state index in [-0.39, 0.29) is 5.91 Å². The lowest BCUT2D eigenvalue weighted by Crippen LogP contribution is -2.32. The monoisotopic (exact) mass is 388 g/mol. The van der Waals surface area contributed by atoms with Crippen molar-refractivity contribution in [3.63, 3.8) is 0 Å². The Balaban J connectivity index is 1.41. The maximum atomic E-state index is 12.7. The van der Waals surface area contributed by atoms with Crippen LogP contribution in [0, 0.1) is 19.8 Å². The summed E-state index contributed by atoms with van der Waals surface area (Å²) in [5.41, 5.74) is 6.01. The highest BCUT2D eigenvalue weighted by molar-refractivity contribution is 6.05. The molecule has 2 aromatic carbocycles. The second kappa shape index (κ2) is 8.29. The third-order valence-corrected chi connectivity index (χ3v) is 5.83. The highest BCUT2D eigenvalue weighted by Crippen LogP contribution is 2.20. The van der Waals surface area contributed by atoms with Crippen LogP contribution in [0.2, 0.25) is 0 Å². The fourth-order valence-electron chi connectivity index (χ4n) is 3.75. The fraction of sp³-hybridized carbons (Fsp3) is 0.375. The van der Waals surface area contributed by atoms with Crippen molar-refractivity contribution in [2.75, 3.05) is 18.4 Å². The summed E-state index contributed by atoms with van der Waals surface area (Å²) < 4.78 is 0. The van der Waals surface area contributed by atoms with Crippen LogP contribution in [-0.2, 0) is 6.54 Å². The van der Waals surface area contributed by atoms with E-state index < -0.39 is 0 Å². The summed E-state index contributed by atoms with van der Waals surface area (Å²) in [4.78, 5) is 24.3. The predicted molar refractivity (Wildman–Crippen MR) is 117 cm³/mol. The SMILES string of the molecule is Cc1nc2ccc(C(=O)Nc3ccc(CN4CCC(C)CC4)cc3)cc2nc1C. The van der Waals surface area contributed by atoms with Crippen LogP contribution in [0.15, 0.2) is 42.5 Å². The second-order valence-corrected chi connectivity index (χ2v) is 8.21. The average molecular weight is 389 g/mol. The first-order valence-corrected chi connectivity index (χ1v) is 10.4. The first-order chi connectivity index (χ1) is 14.0. The molecule has 1 aliphatic rings. The molecule has 1 N–H and O–H groups in total. The van der Waals surface area contributed by atoms with Gasteiger partial charge in [0.15, 0.2) is 0 Å². The molecule has 0 spiro atoms. The summed E-state index contributed by atoms with van der Waals surface area (Å²) in [6.07, 6.45) is 2.56. The van der Waals surface area contributed by atoms with E-state index in [0.717, 1.165) is 40.6 Å². The lowest BCUT2D eigenvalue weighted by Gasteiger charge is -2.30. The van der Waals surface area contributed by atoms with Crippen LogP contribution in [0.25, 0.3) is 11.0 Å². The molecule has 5 heteroatoms. The van der Waals surface area contributed by atoms with Crippen LogP contribution in [0.4, 0.5) is 5.69 Å². The predicted octanol–water partition coefficient (Wildman–Crippen LogP) is 4.73. The number of amides is 1. The minimum absolute atomic E-state index is 0.135. The number of carbonyl (C=O) groups excluding carboxylic acids is 1. The Kier molecular flexibility index (Phi) is 5.58. The van der Waals surface area contributed by atoms with Gasteiger partial charge in [-0.05, 0) is 81.6 Å². The number of likely N-dealkylation sites (tertiary alicyclic amines) is 1. The summed E-state index contributed by atoms with van der Waals surface area (Å²) in [5, 5.41) is 2.98. The van der Waals surface area contributed by atoms with Gasteiger partial charge in [-0.3, -0.25) is 9.69 Å². The molecule has 0 unspecified atom stereocenters. The number of hydrogen-bond acceptors (Lipinski definition) is 4. The number of rotatable bonds is 4. The van der Waals surface area contributed by atoms with E-state index in [1.54, 1.807) is 12.1 Å². The number of fused-ring (bicyclic) bond motifs is 1. The molecule has 0 aliphatic carbocycles.